The summed E-state index contributed by atoms with van der Waals surface area (Å²) in [4.78, 5) is 2.43. The van der Waals surface area contributed by atoms with Gasteiger partial charge < -0.3 is 9.47 Å². The zero-order chi connectivity index (χ0) is 35.8. The minimum atomic E-state index is -0.157. The van der Waals surface area contributed by atoms with E-state index < -0.39 is 0 Å². The topological polar surface area (TPSA) is 8.17 Å². The van der Waals surface area contributed by atoms with Gasteiger partial charge in [0.1, 0.15) is 0 Å². The Labute approximate surface area is 311 Å². The molecule has 2 heteroatoms. The third kappa shape index (κ3) is 4.78. The van der Waals surface area contributed by atoms with E-state index in [1.165, 1.54) is 88.1 Å². The van der Waals surface area contributed by atoms with Crippen LogP contribution in [0.2, 0.25) is 0 Å². The second kappa shape index (κ2) is 12.0. The van der Waals surface area contributed by atoms with Crippen LogP contribution in [0.4, 0.5) is 17.1 Å². The number of fused-ring (bicyclic) bond motifs is 7. The highest BCUT2D eigenvalue weighted by atomic mass is 15.1. The predicted octanol–water partition coefficient (Wildman–Crippen LogP) is 14.0. The van der Waals surface area contributed by atoms with E-state index in [9.17, 15) is 0 Å². The number of para-hydroxylation sites is 2. The Morgan fingerprint density at radius 3 is 1.72 bits per heavy atom. The summed E-state index contributed by atoms with van der Waals surface area (Å²) < 4.78 is 2.54. The standard InChI is InChI=1S/C51H42N2/c1-5-33-28-41(52(39-24-22-35-14-7-9-16-37(35)29-39)40-25-23-36-15-8-10-17-38(36)30-40)26-27-42(33)45-32-47-49(31-34(45)6-2)53-48-21-12-11-18-43(48)44-19-13-20-46(50(44)53)51(47,3)4/h7-32H,5-6H2,1-4H3. The number of anilines is 3. The third-order valence-corrected chi connectivity index (χ3v) is 11.9. The largest absolute Gasteiger partial charge is 0.310 e. The van der Waals surface area contributed by atoms with Crippen molar-refractivity contribution in [3.8, 4) is 16.8 Å². The average molecular weight is 683 g/mol. The number of hydrogen-bond acceptors (Lipinski definition) is 1. The molecule has 1 aromatic heterocycles. The van der Waals surface area contributed by atoms with Crippen molar-refractivity contribution >= 4 is 60.4 Å². The molecule has 9 aromatic rings. The Bertz CT molecular complexity index is 2830. The van der Waals surface area contributed by atoms with Gasteiger partial charge in [-0.3, -0.25) is 0 Å². The Hall–Kier alpha value is -6.12. The SMILES string of the molecule is CCc1cc(N(c2ccc3ccccc3c2)c2ccc3ccccc3c2)ccc1-c1cc2c(cc1CC)-n1c3ccccc3c3cccc(c31)C2(C)C. The van der Waals surface area contributed by atoms with Crippen LogP contribution in [-0.2, 0) is 18.3 Å². The minimum Gasteiger partial charge on any atom is -0.310 e. The lowest BCUT2D eigenvalue weighted by atomic mass is 9.73. The Balaban J connectivity index is 1.16. The summed E-state index contributed by atoms with van der Waals surface area (Å²) in [5.41, 5.74) is 15.4. The number of aromatic nitrogens is 1. The molecule has 1 aliphatic heterocycles. The lowest BCUT2D eigenvalue weighted by Gasteiger charge is -2.36. The molecule has 0 saturated carbocycles. The number of benzene rings is 8. The van der Waals surface area contributed by atoms with Gasteiger partial charge in [-0.25, -0.2) is 0 Å². The van der Waals surface area contributed by atoms with Crippen LogP contribution >= 0.6 is 0 Å². The van der Waals surface area contributed by atoms with Crippen molar-refractivity contribution in [2.24, 2.45) is 0 Å². The van der Waals surface area contributed by atoms with Crippen LogP contribution in [0.1, 0.15) is 49.9 Å². The fourth-order valence-corrected chi connectivity index (χ4v) is 9.13. The molecular weight excluding hydrogens is 641 g/mol. The number of nitrogens with zero attached hydrogens (tertiary/aromatic N) is 2. The average Bonchev–Trinajstić information content (AvgIpc) is 3.54. The number of aryl methyl sites for hydroxylation is 2. The molecule has 8 aromatic carbocycles. The molecule has 0 unspecified atom stereocenters. The first-order chi connectivity index (χ1) is 25.9. The Morgan fingerprint density at radius 2 is 1.04 bits per heavy atom. The van der Waals surface area contributed by atoms with Crippen molar-refractivity contribution in [2.45, 2.75) is 46.0 Å². The predicted molar refractivity (Wildman–Crippen MR) is 227 cm³/mol. The van der Waals surface area contributed by atoms with Crippen LogP contribution in [0, 0.1) is 0 Å². The van der Waals surface area contributed by atoms with E-state index in [0.717, 1.165) is 24.2 Å². The summed E-state index contributed by atoms with van der Waals surface area (Å²) in [5, 5.41) is 7.63. The van der Waals surface area contributed by atoms with E-state index >= 15 is 0 Å². The van der Waals surface area contributed by atoms with Gasteiger partial charge in [-0.1, -0.05) is 131 Å². The van der Waals surface area contributed by atoms with Gasteiger partial charge in [-0.15, -0.1) is 0 Å². The van der Waals surface area contributed by atoms with Crippen LogP contribution in [0.5, 0.6) is 0 Å². The molecule has 0 atom stereocenters. The van der Waals surface area contributed by atoms with E-state index in [1.54, 1.807) is 0 Å². The van der Waals surface area contributed by atoms with Crippen LogP contribution in [0.25, 0.3) is 60.2 Å². The first-order valence-electron chi connectivity index (χ1n) is 19.1. The highest BCUT2D eigenvalue weighted by molar-refractivity contribution is 6.11. The van der Waals surface area contributed by atoms with E-state index in [4.69, 9.17) is 0 Å². The zero-order valence-electron chi connectivity index (χ0n) is 30.8. The van der Waals surface area contributed by atoms with E-state index in [0.29, 0.717) is 0 Å². The van der Waals surface area contributed by atoms with Crippen molar-refractivity contribution in [3.63, 3.8) is 0 Å². The maximum atomic E-state index is 2.54. The Kier molecular flexibility index (Phi) is 7.14. The highest BCUT2D eigenvalue weighted by Crippen LogP contribution is 2.49. The summed E-state index contributed by atoms with van der Waals surface area (Å²) in [5.74, 6) is 0. The van der Waals surface area contributed by atoms with Gasteiger partial charge in [0, 0.05) is 33.2 Å². The first kappa shape index (κ1) is 31.6. The summed E-state index contributed by atoms with van der Waals surface area (Å²) in [7, 11) is 0. The van der Waals surface area contributed by atoms with Gasteiger partial charge in [0.25, 0.3) is 0 Å². The smallest absolute Gasteiger partial charge is 0.0582 e. The van der Waals surface area contributed by atoms with E-state index in [2.05, 4.69) is 195 Å². The third-order valence-electron chi connectivity index (χ3n) is 11.9. The molecule has 0 aliphatic carbocycles. The number of rotatable bonds is 6. The monoisotopic (exact) mass is 682 g/mol. The van der Waals surface area contributed by atoms with Crippen molar-refractivity contribution in [3.05, 3.63) is 180 Å². The van der Waals surface area contributed by atoms with Gasteiger partial charge in [0.05, 0.1) is 16.7 Å². The first-order valence-corrected chi connectivity index (χ1v) is 19.1. The van der Waals surface area contributed by atoms with E-state index in [1.807, 2.05) is 0 Å². The van der Waals surface area contributed by atoms with Crippen LogP contribution in [-0.4, -0.2) is 4.57 Å². The minimum absolute atomic E-state index is 0.157. The van der Waals surface area contributed by atoms with Crippen LogP contribution < -0.4 is 4.90 Å². The van der Waals surface area contributed by atoms with Gasteiger partial charge >= 0.3 is 0 Å². The maximum Gasteiger partial charge on any atom is 0.0582 e. The quantitative estimate of drug-likeness (QED) is 0.169. The van der Waals surface area contributed by atoms with Crippen LogP contribution in [0.15, 0.2) is 158 Å². The van der Waals surface area contributed by atoms with Crippen molar-refractivity contribution in [1.82, 2.24) is 4.57 Å². The van der Waals surface area contributed by atoms with E-state index in [-0.39, 0.29) is 5.41 Å². The van der Waals surface area contributed by atoms with Crippen molar-refractivity contribution in [2.75, 3.05) is 4.90 Å². The zero-order valence-corrected chi connectivity index (χ0v) is 30.8. The summed E-state index contributed by atoms with van der Waals surface area (Å²) in [6.45, 7) is 9.42. The second-order valence-electron chi connectivity index (χ2n) is 15.2. The molecule has 2 nitrogen and oxygen atoms in total. The summed E-state index contributed by atoms with van der Waals surface area (Å²) in [6.07, 6.45) is 1.89. The maximum absolute atomic E-state index is 2.54. The molecule has 10 rings (SSSR count). The number of hydrogen-bond donors (Lipinski definition) is 0. The highest BCUT2D eigenvalue weighted by Gasteiger charge is 2.36. The molecule has 1 aliphatic rings. The summed E-state index contributed by atoms with van der Waals surface area (Å²) >= 11 is 0. The molecule has 0 radical (unpaired) electrons. The van der Waals surface area contributed by atoms with Gasteiger partial charge in [0.15, 0.2) is 0 Å². The molecule has 0 saturated heterocycles. The molecule has 0 amide bonds. The van der Waals surface area contributed by atoms with Crippen molar-refractivity contribution < 1.29 is 0 Å². The fraction of sp³-hybridized carbons (Fsp3) is 0.137. The fourth-order valence-electron chi connectivity index (χ4n) is 9.13. The van der Waals surface area contributed by atoms with Gasteiger partial charge in [-0.2, -0.15) is 0 Å². The molecule has 0 fully saturated rings. The van der Waals surface area contributed by atoms with Crippen LogP contribution in [0.3, 0.4) is 0 Å². The molecule has 0 spiro atoms. The van der Waals surface area contributed by atoms with Gasteiger partial charge in [-0.05, 0) is 122 Å². The molecule has 53 heavy (non-hydrogen) atoms. The van der Waals surface area contributed by atoms with Gasteiger partial charge in [0.2, 0.25) is 0 Å². The lowest BCUT2D eigenvalue weighted by molar-refractivity contribution is 0.630. The second-order valence-corrected chi connectivity index (χ2v) is 15.2. The molecule has 256 valence electrons. The molecule has 2 heterocycles. The lowest BCUT2D eigenvalue weighted by Crippen LogP contribution is -2.26. The summed E-state index contributed by atoms with van der Waals surface area (Å²) in [6, 6.07) is 58.9. The Morgan fingerprint density at radius 1 is 0.472 bits per heavy atom. The molecule has 0 N–H and O–H groups in total. The molecule has 0 bridgehead atoms. The normalized spacial score (nSPS) is 13.2. The molecular formula is C51H42N2. The van der Waals surface area contributed by atoms with Crippen molar-refractivity contribution in [1.29, 1.82) is 0 Å².